The van der Waals surface area contributed by atoms with Crippen molar-refractivity contribution in [3.05, 3.63) is 151 Å². The van der Waals surface area contributed by atoms with Crippen LogP contribution >= 0.6 is 0 Å². The number of hydrogen-bond donors (Lipinski definition) is 0. The van der Waals surface area contributed by atoms with Crippen LogP contribution in [0, 0.1) is 30.6 Å². The zero-order valence-corrected chi connectivity index (χ0v) is 34.4. The van der Waals surface area contributed by atoms with Crippen LogP contribution in [0.5, 0.6) is 11.5 Å². The molecule has 7 aromatic rings. The fourth-order valence-electron chi connectivity index (χ4n) is 7.56. The Hall–Kier alpha value is -4.86. The third-order valence-corrected chi connectivity index (χ3v) is 10.00. The van der Waals surface area contributed by atoms with Gasteiger partial charge in [-0.05, 0) is 94.6 Å². The van der Waals surface area contributed by atoms with Crippen LogP contribution in [0.2, 0.25) is 0 Å². The number of ether oxygens (including phenoxy) is 1. The molecule has 0 fully saturated rings. The molecule has 1 aliphatic rings. The van der Waals surface area contributed by atoms with Gasteiger partial charge in [-0.3, -0.25) is 0 Å². The van der Waals surface area contributed by atoms with Gasteiger partial charge in [-0.25, -0.2) is 4.98 Å². The van der Waals surface area contributed by atoms with Crippen LogP contribution in [0.4, 0.5) is 22.7 Å². The van der Waals surface area contributed by atoms with Gasteiger partial charge in [0.25, 0.3) is 0 Å². The fourth-order valence-corrected chi connectivity index (χ4v) is 7.56. The van der Waals surface area contributed by atoms with Crippen molar-refractivity contribution in [3.63, 3.8) is 0 Å². The van der Waals surface area contributed by atoms with Crippen molar-refractivity contribution in [2.24, 2.45) is 11.8 Å². The number of pyridine rings is 1. The maximum atomic E-state index is 6.62. The van der Waals surface area contributed by atoms with E-state index in [4.69, 9.17) is 9.72 Å². The second-order valence-corrected chi connectivity index (χ2v) is 16.0. The Morgan fingerprint density at radius 2 is 1.43 bits per heavy atom. The Bertz CT molecular complexity index is 2420. The molecule has 5 nitrogen and oxygen atoms in total. The SMILES string of the molecule is CC(C)Cc1ccc2c(c1CC(C)C)c1ccc(Oc3[c-]c(N4[CH-]N(c5ccccc5)c5ccccc54)ccc3)[c-]c1n2-c1cc(C(C)(C)C)ccn1.[Pt]. The average Bonchev–Trinajstić information content (AvgIpc) is 3.69. The van der Waals surface area contributed by atoms with E-state index < -0.39 is 0 Å². The largest absolute Gasteiger partial charge is 0.509 e. The molecule has 3 heterocycles. The standard InChI is InChI=1S/C48H47N4O.Pt/c1-32(2)26-34-20-23-44-47(41(34)27-33(3)4)40-22-21-39(30-45(40)52(44)46-28-35(24-25-49-46)48(5,6)7)53-38-17-13-16-37(29-38)51-31-50(36-14-9-8-10-15-36)42-18-11-12-19-43(42)51;/h8-25,28,31-33H,26-27H2,1-7H3;/q-3;. The molecule has 6 heteroatoms. The van der Waals surface area contributed by atoms with Gasteiger partial charge >= 0.3 is 0 Å². The van der Waals surface area contributed by atoms with Crippen LogP contribution in [-0.4, -0.2) is 9.55 Å². The summed E-state index contributed by atoms with van der Waals surface area (Å²) in [5.41, 5.74) is 10.4. The molecular formula is C48H47N4OPt-3. The van der Waals surface area contributed by atoms with Crippen molar-refractivity contribution in [2.75, 3.05) is 9.80 Å². The molecule has 278 valence electrons. The van der Waals surface area contributed by atoms with Crippen LogP contribution in [0.15, 0.2) is 115 Å². The summed E-state index contributed by atoms with van der Waals surface area (Å²) < 4.78 is 8.91. The van der Waals surface area contributed by atoms with E-state index >= 15 is 0 Å². The van der Waals surface area contributed by atoms with Gasteiger partial charge in [0, 0.05) is 61.3 Å². The van der Waals surface area contributed by atoms with E-state index in [0.29, 0.717) is 23.3 Å². The van der Waals surface area contributed by atoms with E-state index in [1.54, 1.807) is 0 Å². The van der Waals surface area contributed by atoms with Gasteiger partial charge in [-0.2, -0.15) is 12.1 Å². The Labute approximate surface area is 334 Å². The molecule has 0 spiro atoms. The second kappa shape index (κ2) is 15.1. The van der Waals surface area contributed by atoms with Crippen LogP contribution in [0.3, 0.4) is 0 Å². The van der Waals surface area contributed by atoms with Gasteiger partial charge in [0.15, 0.2) is 0 Å². The Kier molecular flexibility index (Phi) is 10.5. The third-order valence-electron chi connectivity index (χ3n) is 10.00. The first-order chi connectivity index (χ1) is 25.5. The number of hydrogen-bond acceptors (Lipinski definition) is 4. The molecule has 0 unspecified atom stereocenters. The Morgan fingerprint density at radius 1 is 0.722 bits per heavy atom. The van der Waals surface area contributed by atoms with E-state index in [-0.39, 0.29) is 26.5 Å². The van der Waals surface area contributed by atoms with Crippen molar-refractivity contribution in [3.8, 4) is 17.3 Å². The molecule has 0 aliphatic carbocycles. The quantitative estimate of drug-likeness (QED) is 0.135. The maximum absolute atomic E-state index is 6.62. The summed E-state index contributed by atoms with van der Waals surface area (Å²) in [7, 11) is 0. The molecule has 0 N–H and O–H groups in total. The van der Waals surface area contributed by atoms with Crippen molar-refractivity contribution in [2.45, 2.75) is 66.7 Å². The summed E-state index contributed by atoms with van der Waals surface area (Å²) in [6.07, 6.45) is 3.98. The summed E-state index contributed by atoms with van der Waals surface area (Å²) in [6.45, 7) is 18.1. The molecule has 5 aromatic carbocycles. The molecule has 2 aromatic heterocycles. The second-order valence-electron chi connectivity index (χ2n) is 16.0. The van der Waals surface area contributed by atoms with E-state index in [1.807, 2.05) is 30.5 Å². The number of nitrogens with zero attached hydrogens (tertiary/aromatic N) is 4. The number of anilines is 4. The van der Waals surface area contributed by atoms with Crippen molar-refractivity contribution >= 4 is 44.6 Å². The first-order valence-electron chi connectivity index (χ1n) is 18.8. The van der Waals surface area contributed by atoms with Gasteiger partial charge in [0.2, 0.25) is 0 Å². The van der Waals surface area contributed by atoms with E-state index in [1.165, 1.54) is 27.5 Å². The average molecular weight is 891 g/mol. The van der Waals surface area contributed by atoms with Crippen LogP contribution in [0.1, 0.15) is 65.2 Å². The number of rotatable bonds is 9. The van der Waals surface area contributed by atoms with Crippen LogP contribution in [-0.2, 0) is 39.3 Å². The minimum Gasteiger partial charge on any atom is -0.509 e. The molecule has 0 saturated carbocycles. The third kappa shape index (κ3) is 7.19. The molecular weight excluding hydrogens is 844 g/mol. The zero-order chi connectivity index (χ0) is 36.9. The first kappa shape index (κ1) is 37.5. The topological polar surface area (TPSA) is 33.5 Å². The molecule has 8 rings (SSSR count). The minimum absolute atomic E-state index is 0. The fraction of sp³-hybridized carbons (Fsp3) is 0.250. The van der Waals surface area contributed by atoms with Crippen molar-refractivity contribution < 1.29 is 25.8 Å². The first-order valence-corrected chi connectivity index (χ1v) is 18.8. The maximum Gasteiger partial charge on any atom is 0.135 e. The van der Waals surface area contributed by atoms with Crippen molar-refractivity contribution in [1.29, 1.82) is 0 Å². The molecule has 1 aliphatic heterocycles. The van der Waals surface area contributed by atoms with E-state index in [9.17, 15) is 0 Å². The van der Waals surface area contributed by atoms with Crippen molar-refractivity contribution in [1.82, 2.24) is 9.55 Å². The number of para-hydroxylation sites is 3. The molecule has 54 heavy (non-hydrogen) atoms. The number of fused-ring (bicyclic) bond motifs is 4. The van der Waals surface area contributed by atoms with E-state index in [2.05, 4.69) is 167 Å². The molecule has 0 bridgehead atoms. The molecule has 0 amide bonds. The summed E-state index contributed by atoms with van der Waals surface area (Å²) >= 11 is 0. The normalized spacial score (nSPS) is 12.9. The smallest absolute Gasteiger partial charge is 0.135 e. The molecule has 0 saturated heterocycles. The van der Waals surface area contributed by atoms with Crippen LogP contribution < -0.4 is 14.5 Å². The molecule has 0 radical (unpaired) electrons. The van der Waals surface area contributed by atoms with Crippen LogP contribution in [0.25, 0.3) is 27.6 Å². The Morgan fingerprint density at radius 3 is 2.15 bits per heavy atom. The molecule has 0 atom stereocenters. The van der Waals surface area contributed by atoms with Gasteiger partial charge in [-0.1, -0.05) is 90.4 Å². The Balaban J connectivity index is 0.00000450. The van der Waals surface area contributed by atoms with Gasteiger partial charge in [-0.15, -0.1) is 48.1 Å². The summed E-state index contributed by atoms with van der Waals surface area (Å²) in [6, 6.07) is 45.4. The van der Waals surface area contributed by atoms with Gasteiger partial charge < -0.3 is 19.1 Å². The predicted octanol–water partition coefficient (Wildman–Crippen LogP) is 12.7. The predicted molar refractivity (Wildman–Crippen MR) is 220 cm³/mol. The van der Waals surface area contributed by atoms with E-state index in [0.717, 1.165) is 52.4 Å². The summed E-state index contributed by atoms with van der Waals surface area (Å²) in [5, 5.41) is 2.45. The van der Waals surface area contributed by atoms with Gasteiger partial charge in [0.05, 0.1) is 0 Å². The summed E-state index contributed by atoms with van der Waals surface area (Å²) in [4.78, 5) is 9.33. The monoisotopic (exact) mass is 890 g/mol. The number of benzene rings is 5. The zero-order valence-electron chi connectivity index (χ0n) is 32.1. The summed E-state index contributed by atoms with van der Waals surface area (Å²) in [5.74, 6) is 3.21. The van der Waals surface area contributed by atoms with Gasteiger partial charge in [0.1, 0.15) is 5.82 Å². The number of aromatic nitrogens is 2. The minimum atomic E-state index is -0.0199.